The fourth-order valence-corrected chi connectivity index (χ4v) is 1.50. The Kier molecular flexibility index (Phi) is 7.51. The van der Waals surface area contributed by atoms with E-state index in [0.717, 1.165) is 0 Å². The van der Waals surface area contributed by atoms with Gasteiger partial charge in [-0.3, -0.25) is 0 Å². The molecule has 0 spiro atoms. The van der Waals surface area contributed by atoms with Crippen LogP contribution in [-0.2, 0) is 9.53 Å². The highest BCUT2D eigenvalue weighted by atomic mass is 19.4. The van der Waals surface area contributed by atoms with E-state index in [1.54, 1.807) is 0 Å². The summed E-state index contributed by atoms with van der Waals surface area (Å²) in [5.41, 5.74) is -2.10. The molecule has 0 saturated carbocycles. The summed E-state index contributed by atoms with van der Waals surface area (Å²) in [4.78, 5) is 10.8. The molecule has 33 heavy (non-hydrogen) atoms. The SMILES string of the molecule is C=C(C(=O)OC(F)(F)C(F)(F)C(F)(F)C(F)(F)C(F)(F)C(F)(F)C(F)(F)C(F)(F)F)C(O)O. The van der Waals surface area contributed by atoms with Crippen molar-refractivity contribution in [1.29, 1.82) is 0 Å². The van der Waals surface area contributed by atoms with Crippen LogP contribution in [0.5, 0.6) is 0 Å². The number of hydrogen-bond acceptors (Lipinski definition) is 4. The number of halogens is 17. The Morgan fingerprint density at radius 1 is 0.576 bits per heavy atom. The molecular formula is C12H5F17O4. The topological polar surface area (TPSA) is 66.8 Å². The fourth-order valence-electron chi connectivity index (χ4n) is 1.50. The van der Waals surface area contributed by atoms with Crippen molar-refractivity contribution in [1.82, 2.24) is 0 Å². The first-order valence-corrected chi connectivity index (χ1v) is 6.98. The molecule has 0 rings (SSSR count). The Bertz CT molecular complexity index is 766. The molecule has 196 valence electrons. The standard InChI is InChI=1S/C12H5F17O4/c1-2(3(30)31)4(32)33-12(28,29)10(23,24)8(19,20)6(15,16)5(13,14)7(17,18)9(21,22)11(25,26)27/h3,30-31H,1H2. The lowest BCUT2D eigenvalue weighted by Crippen LogP contribution is -2.74. The van der Waals surface area contributed by atoms with Crippen LogP contribution in [0.4, 0.5) is 74.6 Å². The third kappa shape index (κ3) is 4.28. The van der Waals surface area contributed by atoms with E-state index in [0.29, 0.717) is 0 Å². The molecule has 0 aliphatic rings. The number of aliphatic hydroxyl groups is 2. The number of esters is 1. The van der Waals surface area contributed by atoms with Crippen molar-refractivity contribution >= 4 is 5.97 Å². The van der Waals surface area contributed by atoms with Crippen LogP contribution in [0.3, 0.4) is 0 Å². The van der Waals surface area contributed by atoms with Crippen LogP contribution in [-0.4, -0.2) is 70.3 Å². The minimum atomic E-state index is -8.83. The van der Waals surface area contributed by atoms with Gasteiger partial charge >= 0.3 is 53.8 Å². The maximum Gasteiger partial charge on any atom is 0.473 e. The minimum absolute atomic E-state index is 2.10. The summed E-state index contributed by atoms with van der Waals surface area (Å²) in [6, 6.07) is 0. The third-order valence-corrected chi connectivity index (χ3v) is 3.49. The Hall–Kier alpha value is -2.06. The van der Waals surface area contributed by atoms with Gasteiger partial charge in [-0.1, -0.05) is 6.58 Å². The van der Waals surface area contributed by atoms with Crippen LogP contribution in [0, 0.1) is 0 Å². The van der Waals surface area contributed by atoms with E-state index in [2.05, 4.69) is 11.3 Å². The molecule has 0 fully saturated rings. The molecule has 0 radical (unpaired) electrons. The van der Waals surface area contributed by atoms with Gasteiger partial charge in [0, 0.05) is 0 Å². The van der Waals surface area contributed by atoms with Gasteiger partial charge in [0.05, 0.1) is 5.57 Å². The quantitative estimate of drug-likeness (QED) is 0.199. The van der Waals surface area contributed by atoms with Crippen LogP contribution in [0.15, 0.2) is 12.2 Å². The van der Waals surface area contributed by atoms with Gasteiger partial charge in [0.15, 0.2) is 6.29 Å². The number of alkyl halides is 17. The molecule has 0 heterocycles. The van der Waals surface area contributed by atoms with E-state index in [4.69, 9.17) is 10.2 Å². The van der Waals surface area contributed by atoms with Gasteiger partial charge in [-0.25, -0.2) is 4.79 Å². The zero-order valence-electron chi connectivity index (χ0n) is 14.4. The lowest BCUT2D eigenvalue weighted by Gasteiger charge is -2.42. The molecule has 0 unspecified atom stereocenters. The van der Waals surface area contributed by atoms with E-state index in [9.17, 15) is 79.4 Å². The summed E-state index contributed by atoms with van der Waals surface area (Å²) in [7, 11) is 0. The summed E-state index contributed by atoms with van der Waals surface area (Å²) >= 11 is 0. The first-order chi connectivity index (χ1) is 14.0. The minimum Gasteiger partial charge on any atom is -0.392 e. The van der Waals surface area contributed by atoms with Crippen molar-refractivity contribution in [2.75, 3.05) is 0 Å². The van der Waals surface area contributed by atoms with E-state index in [1.807, 2.05) is 0 Å². The molecule has 0 aromatic heterocycles. The van der Waals surface area contributed by atoms with Crippen LogP contribution in [0.1, 0.15) is 0 Å². The van der Waals surface area contributed by atoms with Crippen LogP contribution in [0.25, 0.3) is 0 Å². The molecule has 2 N–H and O–H groups in total. The van der Waals surface area contributed by atoms with Crippen LogP contribution in [0.2, 0.25) is 0 Å². The monoisotopic (exact) mass is 536 g/mol. The largest absolute Gasteiger partial charge is 0.473 e. The molecule has 0 aliphatic heterocycles. The van der Waals surface area contributed by atoms with Gasteiger partial charge in [0.2, 0.25) is 0 Å². The maximum absolute atomic E-state index is 13.4. The molecule has 0 atom stereocenters. The first-order valence-electron chi connectivity index (χ1n) is 6.98. The summed E-state index contributed by atoms with van der Waals surface area (Å²) in [5.74, 6) is -54.7. The van der Waals surface area contributed by atoms with Gasteiger partial charge in [-0.2, -0.15) is 74.6 Å². The lowest BCUT2D eigenvalue weighted by atomic mass is 9.90. The highest BCUT2D eigenvalue weighted by molar-refractivity contribution is 5.88. The van der Waals surface area contributed by atoms with Gasteiger partial charge in [-0.05, 0) is 0 Å². The number of hydrogen-bond donors (Lipinski definition) is 2. The number of carbonyl (C=O) groups excluding carboxylic acids is 1. The zero-order chi connectivity index (χ0) is 27.4. The molecular weight excluding hydrogens is 531 g/mol. The van der Waals surface area contributed by atoms with Crippen LogP contribution < -0.4 is 0 Å². The number of rotatable bonds is 9. The highest BCUT2D eigenvalue weighted by Crippen LogP contribution is 2.64. The average Bonchev–Trinajstić information content (AvgIpc) is 2.58. The van der Waals surface area contributed by atoms with Crippen LogP contribution >= 0.6 is 0 Å². The van der Waals surface area contributed by atoms with Gasteiger partial charge in [0.1, 0.15) is 0 Å². The van der Waals surface area contributed by atoms with E-state index >= 15 is 0 Å². The smallest absolute Gasteiger partial charge is 0.392 e. The predicted molar refractivity (Wildman–Crippen MR) is 64.1 cm³/mol. The summed E-state index contributed by atoms with van der Waals surface area (Å²) in [5, 5.41) is 16.7. The second-order valence-corrected chi connectivity index (χ2v) is 5.75. The zero-order valence-corrected chi connectivity index (χ0v) is 14.4. The molecule has 4 nitrogen and oxygen atoms in total. The number of ether oxygens (including phenoxy) is 1. The van der Waals surface area contributed by atoms with Gasteiger partial charge in [-0.15, -0.1) is 0 Å². The van der Waals surface area contributed by atoms with E-state index in [-0.39, 0.29) is 0 Å². The predicted octanol–water partition coefficient (Wildman–Crippen LogP) is 4.36. The second kappa shape index (κ2) is 8.01. The molecule has 0 saturated heterocycles. The van der Waals surface area contributed by atoms with Crippen molar-refractivity contribution in [3.8, 4) is 0 Å². The molecule has 0 bridgehead atoms. The normalized spacial score (nSPS) is 15.6. The summed E-state index contributed by atoms with van der Waals surface area (Å²) in [6.45, 7) is 2.16. The fraction of sp³-hybridized carbons (Fsp3) is 0.750. The van der Waals surface area contributed by atoms with Gasteiger partial charge in [0.25, 0.3) is 0 Å². The Morgan fingerprint density at radius 2 is 0.848 bits per heavy atom. The highest BCUT2D eigenvalue weighted by Gasteiger charge is 2.95. The Labute approximate surface area is 168 Å². The van der Waals surface area contributed by atoms with Gasteiger partial charge < -0.3 is 14.9 Å². The lowest BCUT2D eigenvalue weighted by molar-refractivity contribution is -0.473. The molecule has 0 aromatic rings. The summed E-state index contributed by atoms with van der Waals surface area (Å²) in [6.07, 6.45) is -18.6. The molecule has 21 heteroatoms. The Morgan fingerprint density at radius 3 is 1.12 bits per heavy atom. The average molecular weight is 536 g/mol. The molecule has 0 aliphatic carbocycles. The van der Waals surface area contributed by atoms with E-state index in [1.165, 1.54) is 0 Å². The van der Waals surface area contributed by atoms with E-state index < -0.39 is 65.7 Å². The second-order valence-electron chi connectivity index (χ2n) is 5.75. The summed E-state index contributed by atoms with van der Waals surface area (Å²) < 4.78 is 222. The maximum atomic E-state index is 13.4. The molecule has 0 aromatic carbocycles. The number of carbonyl (C=O) groups is 1. The molecule has 0 amide bonds. The Balaban J connectivity index is 6.64. The van der Waals surface area contributed by atoms with Crippen molar-refractivity contribution in [3.05, 3.63) is 12.2 Å². The third-order valence-electron chi connectivity index (χ3n) is 3.49. The van der Waals surface area contributed by atoms with Crippen molar-refractivity contribution < 1.29 is 94.4 Å². The van der Waals surface area contributed by atoms with Crippen molar-refractivity contribution in [3.63, 3.8) is 0 Å². The van der Waals surface area contributed by atoms with Crippen molar-refractivity contribution in [2.24, 2.45) is 0 Å². The van der Waals surface area contributed by atoms with Crippen molar-refractivity contribution in [2.45, 2.75) is 54.1 Å². The number of aliphatic hydroxyl groups excluding tert-OH is 1. The first kappa shape index (κ1) is 30.9.